The molecule has 67 valence electrons. The van der Waals surface area contributed by atoms with Crippen LogP contribution in [-0.4, -0.2) is 43.5 Å². The fourth-order valence-electron chi connectivity index (χ4n) is 1.03. The van der Waals surface area contributed by atoms with Crippen LogP contribution in [0.15, 0.2) is 0 Å². The molecule has 0 aromatic heterocycles. The molecule has 1 saturated heterocycles. The Morgan fingerprint density at radius 2 is 2.50 bits per heavy atom. The summed E-state index contributed by atoms with van der Waals surface area (Å²) in [5, 5.41) is 6.16. The highest BCUT2D eigenvalue weighted by Crippen LogP contribution is 1.99. The van der Waals surface area contributed by atoms with Crippen LogP contribution in [0.4, 0.5) is 4.79 Å². The Morgan fingerprint density at radius 1 is 1.75 bits per heavy atom. The lowest BCUT2D eigenvalue weighted by Gasteiger charge is -2.24. The predicted octanol–water partition coefficient (Wildman–Crippen LogP) is -0.837. The minimum Gasteiger partial charge on any atom is -0.358 e. The molecule has 0 aromatic rings. The van der Waals surface area contributed by atoms with Crippen LogP contribution >= 0.6 is 0 Å². The number of amides is 3. The van der Waals surface area contributed by atoms with Gasteiger partial charge in [0.25, 0.3) is 0 Å². The van der Waals surface area contributed by atoms with Crippen LogP contribution in [0.2, 0.25) is 0 Å². The fourth-order valence-corrected chi connectivity index (χ4v) is 1.03. The molecule has 3 amide bonds. The highest BCUT2D eigenvalue weighted by atomic mass is 16.2. The summed E-state index contributed by atoms with van der Waals surface area (Å²) in [6.07, 6.45) is 0.850. The zero-order valence-electron chi connectivity index (χ0n) is 7.04. The molecular weight excluding hydrogens is 158 g/mol. The number of carbonyl (C=O) groups excluding carboxylic acids is 2. The number of nitrogens with zero attached hydrogens (tertiary/aromatic N) is 2. The summed E-state index contributed by atoms with van der Waals surface area (Å²) in [4.78, 5) is 23.4. The third kappa shape index (κ3) is 2.11. The average molecular weight is 170 g/mol. The molecule has 1 aliphatic rings. The van der Waals surface area contributed by atoms with Gasteiger partial charge in [0.05, 0.1) is 0 Å². The quantitative estimate of drug-likeness (QED) is 0.587. The molecule has 0 aromatic carbocycles. The number of nitrogens with one attached hydrogen (secondary N) is 1. The minimum absolute atomic E-state index is 0.124. The Hall–Kier alpha value is -1.26. The van der Waals surface area contributed by atoms with Gasteiger partial charge in [-0.25, -0.2) is 10.1 Å². The fraction of sp³-hybridized carbons (Fsp3) is 0.714. The minimum atomic E-state index is -0.273. The van der Waals surface area contributed by atoms with Gasteiger partial charge < -0.3 is 10.2 Å². The lowest BCUT2D eigenvalue weighted by atomic mass is 10.3. The second kappa shape index (κ2) is 3.94. The second-order valence-electron chi connectivity index (χ2n) is 2.61. The Kier molecular flexibility index (Phi) is 2.90. The van der Waals surface area contributed by atoms with Crippen molar-refractivity contribution in [1.29, 1.82) is 0 Å². The van der Waals surface area contributed by atoms with Gasteiger partial charge >= 0.3 is 6.03 Å². The molecule has 1 radical (unpaired) electrons. The molecule has 0 aliphatic carbocycles. The number of hydrogen-bond donors (Lipinski definition) is 1. The van der Waals surface area contributed by atoms with E-state index in [-0.39, 0.29) is 18.5 Å². The van der Waals surface area contributed by atoms with Gasteiger partial charge in [-0.05, 0) is 6.42 Å². The molecule has 0 unspecified atom stereocenters. The van der Waals surface area contributed by atoms with E-state index in [1.807, 2.05) is 0 Å². The Bertz CT molecular complexity index is 193. The summed E-state index contributed by atoms with van der Waals surface area (Å²) < 4.78 is 0. The summed E-state index contributed by atoms with van der Waals surface area (Å²) in [6.45, 7) is 1.34. The standard InChI is InChI=1S/C7H12N3O2/c1-8-6(11)5-10-4-2-3-9-7(10)12/h2-5H2,1H3,(H,8,11). The first-order valence-corrected chi connectivity index (χ1v) is 3.91. The van der Waals surface area contributed by atoms with Crippen molar-refractivity contribution in [1.82, 2.24) is 15.5 Å². The third-order valence-corrected chi connectivity index (χ3v) is 1.72. The maximum atomic E-state index is 11.0. The first-order chi connectivity index (χ1) is 5.74. The molecule has 1 heterocycles. The molecule has 12 heavy (non-hydrogen) atoms. The van der Waals surface area contributed by atoms with Crippen molar-refractivity contribution in [3.8, 4) is 0 Å². The van der Waals surface area contributed by atoms with Crippen molar-refractivity contribution in [3.05, 3.63) is 0 Å². The number of likely N-dealkylation sites (N-methyl/N-ethyl adjacent to an activating group) is 1. The van der Waals surface area contributed by atoms with E-state index >= 15 is 0 Å². The van der Waals surface area contributed by atoms with Crippen LogP contribution in [0.3, 0.4) is 0 Å². The van der Waals surface area contributed by atoms with Gasteiger partial charge in [0, 0.05) is 20.1 Å². The number of urea groups is 1. The number of hydrogen-bond acceptors (Lipinski definition) is 2. The van der Waals surface area contributed by atoms with Gasteiger partial charge in [-0.15, -0.1) is 0 Å². The highest BCUT2D eigenvalue weighted by Gasteiger charge is 2.20. The van der Waals surface area contributed by atoms with Gasteiger partial charge in [0.15, 0.2) is 0 Å². The third-order valence-electron chi connectivity index (χ3n) is 1.72. The van der Waals surface area contributed by atoms with Gasteiger partial charge in [-0.2, -0.15) is 0 Å². The Balaban J connectivity index is 2.39. The van der Waals surface area contributed by atoms with E-state index in [2.05, 4.69) is 10.6 Å². The largest absolute Gasteiger partial charge is 0.358 e. The molecular formula is C7H12N3O2. The summed E-state index contributed by atoms with van der Waals surface area (Å²) in [6, 6.07) is -0.273. The van der Waals surface area contributed by atoms with Crippen molar-refractivity contribution >= 4 is 11.9 Å². The van der Waals surface area contributed by atoms with Gasteiger partial charge in [0.2, 0.25) is 5.91 Å². The molecule has 5 heteroatoms. The van der Waals surface area contributed by atoms with Gasteiger partial charge in [-0.1, -0.05) is 0 Å². The summed E-state index contributed by atoms with van der Waals surface area (Å²) in [7, 11) is 1.55. The molecule has 0 bridgehead atoms. The van der Waals surface area contributed by atoms with Gasteiger partial charge in [0.1, 0.15) is 6.54 Å². The Morgan fingerprint density at radius 3 is 3.08 bits per heavy atom. The van der Waals surface area contributed by atoms with Crippen LogP contribution in [-0.2, 0) is 4.79 Å². The smallest absolute Gasteiger partial charge is 0.339 e. The molecule has 1 aliphatic heterocycles. The average Bonchev–Trinajstić information content (AvgIpc) is 2.09. The van der Waals surface area contributed by atoms with E-state index in [1.165, 1.54) is 4.90 Å². The zero-order valence-corrected chi connectivity index (χ0v) is 7.04. The molecule has 1 rings (SSSR count). The Labute approximate surface area is 71.1 Å². The van der Waals surface area contributed by atoms with E-state index in [9.17, 15) is 9.59 Å². The molecule has 0 spiro atoms. The zero-order chi connectivity index (χ0) is 8.97. The van der Waals surface area contributed by atoms with Crippen molar-refractivity contribution in [2.45, 2.75) is 6.42 Å². The normalized spacial score (nSPS) is 17.1. The lowest BCUT2D eigenvalue weighted by molar-refractivity contribution is -0.121. The second-order valence-corrected chi connectivity index (χ2v) is 2.61. The molecule has 5 nitrogen and oxygen atoms in total. The van der Waals surface area contributed by atoms with Crippen LogP contribution in [0, 0.1) is 0 Å². The molecule has 1 fully saturated rings. The van der Waals surface area contributed by atoms with Crippen molar-refractivity contribution in [3.63, 3.8) is 0 Å². The van der Waals surface area contributed by atoms with E-state index in [1.54, 1.807) is 7.05 Å². The topological polar surface area (TPSA) is 63.5 Å². The summed E-state index contributed by atoms with van der Waals surface area (Å²) in [5.74, 6) is -0.152. The van der Waals surface area contributed by atoms with Crippen LogP contribution < -0.4 is 10.6 Å². The van der Waals surface area contributed by atoms with Crippen LogP contribution in [0.1, 0.15) is 6.42 Å². The maximum Gasteiger partial charge on any atom is 0.339 e. The summed E-state index contributed by atoms with van der Waals surface area (Å²) >= 11 is 0. The predicted molar refractivity (Wildman–Crippen MR) is 42.7 cm³/mol. The highest BCUT2D eigenvalue weighted by molar-refractivity contribution is 5.83. The number of rotatable bonds is 2. The SMILES string of the molecule is CNC(=O)CN1CCC[N]C1=O. The first-order valence-electron chi connectivity index (χ1n) is 3.91. The van der Waals surface area contributed by atoms with Gasteiger partial charge in [-0.3, -0.25) is 4.79 Å². The van der Waals surface area contributed by atoms with E-state index in [4.69, 9.17) is 0 Å². The van der Waals surface area contributed by atoms with Crippen molar-refractivity contribution < 1.29 is 9.59 Å². The lowest BCUT2D eigenvalue weighted by Crippen LogP contribution is -2.46. The monoisotopic (exact) mass is 170 g/mol. The molecule has 1 N–H and O–H groups in total. The number of carbonyl (C=O) groups is 2. The first kappa shape index (κ1) is 8.83. The van der Waals surface area contributed by atoms with Crippen LogP contribution in [0.5, 0.6) is 0 Å². The van der Waals surface area contributed by atoms with E-state index in [0.717, 1.165) is 6.42 Å². The van der Waals surface area contributed by atoms with Crippen molar-refractivity contribution in [2.24, 2.45) is 0 Å². The van der Waals surface area contributed by atoms with E-state index < -0.39 is 0 Å². The van der Waals surface area contributed by atoms with E-state index in [0.29, 0.717) is 13.1 Å². The molecule has 0 saturated carbocycles. The van der Waals surface area contributed by atoms with Crippen LogP contribution in [0.25, 0.3) is 0 Å². The van der Waals surface area contributed by atoms with Crippen molar-refractivity contribution in [2.75, 3.05) is 26.7 Å². The maximum absolute atomic E-state index is 11.0. The molecule has 0 atom stereocenters. The summed E-state index contributed by atoms with van der Waals surface area (Å²) in [5.41, 5.74) is 0.